The van der Waals surface area contributed by atoms with Gasteiger partial charge in [-0.2, -0.15) is 4.37 Å². The van der Waals surface area contributed by atoms with Crippen LogP contribution in [0.4, 0.5) is 10.8 Å². The van der Waals surface area contributed by atoms with Gasteiger partial charge in [-0.15, -0.1) is 23.1 Å². The number of hydrogen-bond donors (Lipinski definition) is 2. The second-order valence-electron chi connectivity index (χ2n) is 4.30. The van der Waals surface area contributed by atoms with Gasteiger partial charge in [0.05, 0.1) is 11.4 Å². The first-order valence-corrected chi connectivity index (χ1v) is 8.73. The molecule has 0 bridgehead atoms. The number of nitrogen functional groups attached to an aromatic ring is 1. The number of thioether (sulfide) groups is 1. The minimum absolute atomic E-state index is 0.642. The number of aryl methyl sites for hydroxylation is 2. The van der Waals surface area contributed by atoms with E-state index >= 15 is 0 Å². The third-order valence-corrected chi connectivity index (χ3v) is 6.11. The Balaban J connectivity index is 1.70. The Morgan fingerprint density at radius 3 is 3.17 bits per heavy atom. The Bertz CT molecular complexity index is 537. The van der Waals surface area contributed by atoms with Crippen LogP contribution in [0.15, 0.2) is 11.0 Å². The summed E-state index contributed by atoms with van der Waals surface area (Å²) >= 11 is 5.05. The molecule has 1 aliphatic carbocycles. The number of nitrogens with two attached hydrogens (primary N) is 1. The molecule has 3 rings (SSSR count). The van der Waals surface area contributed by atoms with Gasteiger partial charge in [-0.05, 0) is 48.7 Å². The van der Waals surface area contributed by atoms with Gasteiger partial charge in [0.1, 0.15) is 5.00 Å². The maximum atomic E-state index is 5.82. The van der Waals surface area contributed by atoms with Crippen molar-refractivity contribution in [3.05, 3.63) is 21.4 Å². The van der Waals surface area contributed by atoms with Crippen LogP contribution in [0.3, 0.4) is 0 Å². The number of nitrogens with one attached hydrogen (secondary N) is 1. The number of rotatable bonds is 4. The van der Waals surface area contributed by atoms with Crippen LogP contribution in [0.5, 0.6) is 0 Å². The second-order valence-corrected chi connectivity index (χ2v) is 7.11. The van der Waals surface area contributed by atoms with E-state index < -0.39 is 0 Å². The van der Waals surface area contributed by atoms with Crippen molar-refractivity contribution in [2.75, 3.05) is 17.3 Å². The van der Waals surface area contributed by atoms with Gasteiger partial charge in [-0.1, -0.05) is 0 Å². The maximum absolute atomic E-state index is 5.82. The van der Waals surface area contributed by atoms with Gasteiger partial charge in [0.25, 0.3) is 0 Å². The highest BCUT2D eigenvalue weighted by atomic mass is 32.2. The second kappa shape index (κ2) is 5.11. The fourth-order valence-corrected chi connectivity index (χ4v) is 4.99. The molecule has 2 heterocycles. The standard InChI is InChI=1S/C12H15N3S3/c1-16-10-11(13)15-18-12(10)14-6-8-5-7-3-2-4-9(7)17-8/h5,14H,2-4,6H2,1H3,(H2,13,15). The molecule has 0 saturated carbocycles. The van der Waals surface area contributed by atoms with Gasteiger partial charge in [0.2, 0.25) is 0 Å². The lowest BCUT2D eigenvalue weighted by Gasteiger charge is -2.03. The van der Waals surface area contributed by atoms with Crippen molar-refractivity contribution in [3.8, 4) is 0 Å². The molecule has 0 aliphatic heterocycles. The van der Waals surface area contributed by atoms with Gasteiger partial charge < -0.3 is 11.1 Å². The molecule has 96 valence electrons. The molecule has 0 unspecified atom stereocenters. The number of hydrogen-bond acceptors (Lipinski definition) is 6. The molecule has 0 radical (unpaired) electrons. The molecular weight excluding hydrogens is 282 g/mol. The molecule has 0 amide bonds. The summed E-state index contributed by atoms with van der Waals surface area (Å²) in [6.07, 6.45) is 5.89. The van der Waals surface area contributed by atoms with Gasteiger partial charge in [-0.25, -0.2) is 0 Å². The summed E-state index contributed by atoms with van der Waals surface area (Å²) in [5.41, 5.74) is 7.38. The third kappa shape index (κ3) is 2.24. The van der Waals surface area contributed by atoms with Crippen molar-refractivity contribution >= 4 is 45.5 Å². The lowest BCUT2D eigenvalue weighted by Crippen LogP contribution is -1.97. The number of fused-ring (bicyclic) bond motifs is 1. The largest absolute Gasteiger partial charge is 0.382 e. The van der Waals surface area contributed by atoms with Crippen LogP contribution in [0, 0.1) is 0 Å². The molecule has 1 aliphatic rings. The van der Waals surface area contributed by atoms with E-state index in [4.69, 9.17) is 5.73 Å². The Morgan fingerprint density at radius 2 is 2.39 bits per heavy atom. The summed E-state index contributed by atoms with van der Waals surface area (Å²) in [7, 11) is 0. The quantitative estimate of drug-likeness (QED) is 0.847. The average molecular weight is 297 g/mol. The van der Waals surface area contributed by atoms with Crippen LogP contribution in [0.1, 0.15) is 21.7 Å². The van der Waals surface area contributed by atoms with Gasteiger partial charge in [-0.3, -0.25) is 0 Å². The zero-order chi connectivity index (χ0) is 12.5. The molecule has 2 aromatic rings. The average Bonchev–Trinajstić information content (AvgIpc) is 3.00. The molecule has 0 aromatic carbocycles. The highest BCUT2D eigenvalue weighted by Gasteiger charge is 2.15. The van der Waals surface area contributed by atoms with Gasteiger partial charge in [0, 0.05) is 9.75 Å². The summed E-state index contributed by atoms with van der Waals surface area (Å²) < 4.78 is 4.19. The van der Waals surface area contributed by atoms with E-state index in [-0.39, 0.29) is 0 Å². The maximum Gasteiger partial charge on any atom is 0.153 e. The first kappa shape index (κ1) is 12.3. The van der Waals surface area contributed by atoms with E-state index in [1.165, 1.54) is 35.7 Å². The van der Waals surface area contributed by atoms with E-state index in [1.807, 2.05) is 17.6 Å². The third-order valence-electron chi connectivity index (χ3n) is 3.10. The Hall–Kier alpha value is -0.720. The molecule has 0 fully saturated rings. The molecule has 18 heavy (non-hydrogen) atoms. The molecule has 6 heteroatoms. The Kier molecular flexibility index (Phi) is 3.50. The van der Waals surface area contributed by atoms with Crippen LogP contribution in [-0.4, -0.2) is 10.6 Å². The zero-order valence-electron chi connectivity index (χ0n) is 10.2. The zero-order valence-corrected chi connectivity index (χ0v) is 12.6. The monoisotopic (exact) mass is 297 g/mol. The van der Waals surface area contributed by atoms with E-state index in [0.29, 0.717) is 5.82 Å². The highest BCUT2D eigenvalue weighted by Crippen LogP contribution is 2.36. The Morgan fingerprint density at radius 1 is 1.50 bits per heavy atom. The first-order valence-electron chi connectivity index (χ1n) is 5.91. The summed E-state index contributed by atoms with van der Waals surface area (Å²) in [4.78, 5) is 4.07. The van der Waals surface area contributed by atoms with E-state index in [9.17, 15) is 0 Å². The van der Waals surface area contributed by atoms with Crippen LogP contribution >= 0.6 is 34.6 Å². The smallest absolute Gasteiger partial charge is 0.153 e. The summed E-state index contributed by atoms with van der Waals surface area (Å²) in [6.45, 7) is 0.882. The Labute approximate surface area is 119 Å². The predicted octanol–water partition coefficient (Wildman–Crippen LogP) is 3.61. The fourth-order valence-electron chi connectivity index (χ4n) is 2.25. The molecule has 3 nitrogen and oxygen atoms in total. The minimum atomic E-state index is 0.642. The van der Waals surface area contributed by atoms with Crippen LogP contribution in [0.2, 0.25) is 0 Å². The molecule has 0 atom stereocenters. The molecule has 3 N–H and O–H groups in total. The van der Waals surface area contributed by atoms with Crippen molar-refractivity contribution < 1.29 is 0 Å². The number of aromatic nitrogens is 1. The number of thiophene rings is 1. The van der Waals surface area contributed by atoms with E-state index in [2.05, 4.69) is 15.8 Å². The minimum Gasteiger partial charge on any atom is -0.382 e. The summed E-state index contributed by atoms with van der Waals surface area (Å²) in [5, 5.41) is 4.55. The fraction of sp³-hybridized carbons (Fsp3) is 0.417. The van der Waals surface area contributed by atoms with E-state index in [0.717, 1.165) is 16.4 Å². The molecule has 0 spiro atoms. The van der Waals surface area contributed by atoms with Crippen molar-refractivity contribution in [1.82, 2.24) is 4.37 Å². The van der Waals surface area contributed by atoms with Crippen molar-refractivity contribution in [2.45, 2.75) is 30.7 Å². The van der Waals surface area contributed by atoms with Crippen LogP contribution < -0.4 is 11.1 Å². The summed E-state index contributed by atoms with van der Waals surface area (Å²) in [5.74, 6) is 0.642. The van der Waals surface area contributed by atoms with Crippen LogP contribution in [0.25, 0.3) is 0 Å². The lowest BCUT2D eigenvalue weighted by atomic mass is 10.2. The van der Waals surface area contributed by atoms with Crippen molar-refractivity contribution in [3.63, 3.8) is 0 Å². The summed E-state index contributed by atoms with van der Waals surface area (Å²) in [6, 6.07) is 2.35. The number of anilines is 2. The van der Waals surface area contributed by atoms with Crippen molar-refractivity contribution in [2.24, 2.45) is 0 Å². The van der Waals surface area contributed by atoms with Crippen LogP contribution in [-0.2, 0) is 19.4 Å². The van der Waals surface area contributed by atoms with Gasteiger partial charge >= 0.3 is 0 Å². The predicted molar refractivity (Wildman–Crippen MR) is 82.0 cm³/mol. The normalized spacial score (nSPS) is 13.8. The molecule has 2 aromatic heterocycles. The highest BCUT2D eigenvalue weighted by molar-refractivity contribution is 7.99. The molecule has 0 saturated heterocycles. The van der Waals surface area contributed by atoms with E-state index in [1.54, 1.807) is 22.2 Å². The van der Waals surface area contributed by atoms with Gasteiger partial charge in [0.15, 0.2) is 5.82 Å². The molecular formula is C12H15N3S3. The lowest BCUT2D eigenvalue weighted by molar-refractivity contribution is 0.913. The number of nitrogens with zero attached hydrogens (tertiary/aromatic N) is 1. The first-order chi connectivity index (χ1) is 8.78. The SMILES string of the molecule is CSc1c(N)nsc1NCc1cc2c(s1)CCC2. The van der Waals surface area contributed by atoms with Crippen molar-refractivity contribution in [1.29, 1.82) is 0 Å². The topological polar surface area (TPSA) is 50.9 Å².